The van der Waals surface area contributed by atoms with E-state index in [9.17, 15) is 14.4 Å². The minimum Gasteiger partial charge on any atom is -0.462 e. The molecule has 0 unspecified atom stereocenters. The zero-order chi connectivity index (χ0) is 45.8. The number of hydrogen-bond acceptors (Lipinski definition) is 6. The zero-order valence-corrected chi connectivity index (χ0v) is 41.6. The van der Waals surface area contributed by atoms with Crippen LogP contribution in [0.3, 0.4) is 0 Å². The predicted octanol–water partition coefficient (Wildman–Crippen LogP) is 17.6. The Morgan fingerprint density at radius 2 is 0.571 bits per heavy atom. The summed E-state index contributed by atoms with van der Waals surface area (Å²) in [6.45, 7) is 6.56. The molecule has 63 heavy (non-hydrogen) atoms. The van der Waals surface area contributed by atoms with Crippen LogP contribution in [0.1, 0.15) is 265 Å². The van der Waals surface area contributed by atoms with Crippen LogP contribution < -0.4 is 0 Å². The highest BCUT2D eigenvalue weighted by molar-refractivity contribution is 5.71. The summed E-state index contributed by atoms with van der Waals surface area (Å²) in [6.07, 6.45) is 63.4. The Balaban J connectivity index is 4.40. The lowest BCUT2D eigenvalue weighted by molar-refractivity contribution is -0.167. The van der Waals surface area contributed by atoms with Crippen molar-refractivity contribution >= 4 is 17.9 Å². The van der Waals surface area contributed by atoms with Gasteiger partial charge in [-0.3, -0.25) is 14.4 Å². The van der Waals surface area contributed by atoms with E-state index < -0.39 is 6.10 Å². The van der Waals surface area contributed by atoms with Crippen LogP contribution in [0.15, 0.2) is 60.8 Å². The van der Waals surface area contributed by atoms with Crippen LogP contribution in [0, 0.1) is 0 Å². The van der Waals surface area contributed by atoms with Crippen LogP contribution in [-0.2, 0) is 28.6 Å². The van der Waals surface area contributed by atoms with E-state index in [2.05, 4.69) is 81.5 Å². The van der Waals surface area contributed by atoms with Gasteiger partial charge < -0.3 is 14.2 Å². The van der Waals surface area contributed by atoms with Crippen molar-refractivity contribution in [2.45, 2.75) is 271 Å². The molecule has 0 saturated carbocycles. The molecule has 0 heterocycles. The van der Waals surface area contributed by atoms with E-state index in [0.29, 0.717) is 19.3 Å². The normalized spacial score (nSPS) is 12.5. The SMILES string of the molecule is CCCCC/C=C\C/C=C\C/C=C\CCCCCCC(=O)O[C@H](COC(=O)CCCCCCCCC/C=C\C/C=C\CCCCC)COC(=O)CCCCCCCCCCCCC. The average Bonchev–Trinajstić information content (AvgIpc) is 3.28. The Hall–Kier alpha value is -2.89. The molecule has 1 atom stereocenters. The lowest BCUT2D eigenvalue weighted by Crippen LogP contribution is -2.30. The maximum Gasteiger partial charge on any atom is 0.306 e. The molecule has 0 N–H and O–H groups in total. The van der Waals surface area contributed by atoms with E-state index in [1.807, 2.05) is 0 Å². The summed E-state index contributed by atoms with van der Waals surface area (Å²) in [4.78, 5) is 38.0. The number of unbranched alkanes of at least 4 members (excludes halogenated alkanes) is 27. The molecule has 0 aromatic heterocycles. The first-order valence-electron chi connectivity index (χ1n) is 26.8. The molecule has 0 aliphatic carbocycles. The molecular formula is C57H100O6. The minimum absolute atomic E-state index is 0.0842. The molecular weight excluding hydrogens is 781 g/mol. The third-order valence-corrected chi connectivity index (χ3v) is 11.5. The van der Waals surface area contributed by atoms with Crippen molar-refractivity contribution in [2.24, 2.45) is 0 Å². The molecule has 0 aromatic carbocycles. The fourth-order valence-electron chi connectivity index (χ4n) is 7.42. The second-order valence-electron chi connectivity index (χ2n) is 17.8. The van der Waals surface area contributed by atoms with E-state index in [1.54, 1.807) is 0 Å². The van der Waals surface area contributed by atoms with Crippen LogP contribution in [0.4, 0.5) is 0 Å². The number of carbonyl (C=O) groups excluding carboxylic acids is 3. The summed E-state index contributed by atoms with van der Waals surface area (Å²) in [5, 5.41) is 0. The van der Waals surface area contributed by atoms with Gasteiger partial charge in [-0.25, -0.2) is 0 Å². The summed E-state index contributed by atoms with van der Waals surface area (Å²) in [5.41, 5.74) is 0. The molecule has 0 radical (unpaired) electrons. The van der Waals surface area contributed by atoms with E-state index in [-0.39, 0.29) is 31.1 Å². The number of ether oxygens (including phenoxy) is 3. The number of esters is 3. The molecule has 0 bridgehead atoms. The highest BCUT2D eigenvalue weighted by Crippen LogP contribution is 2.15. The van der Waals surface area contributed by atoms with E-state index in [1.165, 1.54) is 128 Å². The largest absolute Gasteiger partial charge is 0.462 e. The molecule has 0 aromatic rings. The summed E-state index contributed by atoms with van der Waals surface area (Å²) in [5.74, 6) is -0.909. The quantitative estimate of drug-likeness (QED) is 0.0262. The first kappa shape index (κ1) is 60.1. The standard InChI is InChI=1S/C57H100O6/c1-4-7-10-13-16-19-22-24-26-28-30-32-35-38-41-44-47-50-56(59)62-53-54(52-61-55(58)49-46-43-40-37-34-21-18-15-12-9-6-3)63-57(60)51-48-45-42-39-36-33-31-29-27-25-23-20-17-14-11-8-5-2/h16-17,19-20,24-27,31,33,54H,4-15,18,21-23,28-30,32,34-53H2,1-3H3/b19-16-,20-17-,26-24-,27-25-,33-31-/t54-/m0/s1. The third kappa shape index (κ3) is 50.0. The van der Waals surface area contributed by atoms with Crippen LogP contribution in [0.25, 0.3) is 0 Å². The van der Waals surface area contributed by atoms with Crippen molar-refractivity contribution in [2.75, 3.05) is 13.2 Å². The number of carbonyl (C=O) groups is 3. The smallest absolute Gasteiger partial charge is 0.306 e. The van der Waals surface area contributed by atoms with Gasteiger partial charge in [0, 0.05) is 19.3 Å². The Morgan fingerprint density at radius 1 is 0.317 bits per heavy atom. The Bertz CT molecular complexity index is 1150. The summed E-state index contributed by atoms with van der Waals surface area (Å²) < 4.78 is 16.8. The predicted molar refractivity (Wildman–Crippen MR) is 270 cm³/mol. The van der Waals surface area contributed by atoms with Gasteiger partial charge in [0.1, 0.15) is 13.2 Å². The maximum atomic E-state index is 12.8. The van der Waals surface area contributed by atoms with Gasteiger partial charge in [0.05, 0.1) is 0 Å². The van der Waals surface area contributed by atoms with Gasteiger partial charge in [0.2, 0.25) is 0 Å². The minimum atomic E-state index is -0.786. The molecule has 364 valence electrons. The van der Waals surface area contributed by atoms with Gasteiger partial charge in [-0.1, -0.05) is 216 Å². The Labute approximate surface area is 390 Å². The molecule has 0 spiro atoms. The second-order valence-corrected chi connectivity index (χ2v) is 17.8. The van der Waals surface area contributed by atoms with E-state index in [0.717, 1.165) is 96.3 Å². The fraction of sp³-hybridized carbons (Fsp3) is 0.772. The van der Waals surface area contributed by atoms with Crippen molar-refractivity contribution in [3.8, 4) is 0 Å². The molecule has 0 aliphatic rings. The maximum absolute atomic E-state index is 12.8. The van der Waals surface area contributed by atoms with Crippen molar-refractivity contribution in [1.29, 1.82) is 0 Å². The molecule has 6 heteroatoms. The topological polar surface area (TPSA) is 78.9 Å². The second kappa shape index (κ2) is 51.7. The zero-order valence-electron chi connectivity index (χ0n) is 41.6. The van der Waals surface area contributed by atoms with Crippen molar-refractivity contribution in [3.63, 3.8) is 0 Å². The van der Waals surface area contributed by atoms with Crippen LogP contribution in [-0.4, -0.2) is 37.2 Å². The van der Waals surface area contributed by atoms with Crippen molar-refractivity contribution < 1.29 is 28.6 Å². The lowest BCUT2D eigenvalue weighted by Gasteiger charge is -2.18. The van der Waals surface area contributed by atoms with E-state index >= 15 is 0 Å². The van der Waals surface area contributed by atoms with Gasteiger partial charge in [0.25, 0.3) is 0 Å². The molecule has 0 rings (SSSR count). The van der Waals surface area contributed by atoms with Crippen molar-refractivity contribution in [1.82, 2.24) is 0 Å². The number of rotatable bonds is 48. The number of allylic oxidation sites excluding steroid dienone is 10. The van der Waals surface area contributed by atoms with Crippen LogP contribution in [0.2, 0.25) is 0 Å². The number of hydrogen-bond donors (Lipinski definition) is 0. The Kier molecular flexibility index (Phi) is 49.4. The first-order chi connectivity index (χ1) is 31.0. The molecule has 6 nitrogen and oxygen atoms in total. The highest BCUT2D eigenvalue weighted by Gasteiger charge is 2.19. The molecule has 0 aliphatic heterocycles. The van der Waals surface area contributed by atoms with E-state index in [4.69, 9.17) is 14.2 Å². The summed E-state index contributed by atoms with van der Waals surface area (Å²) in [7, 11) is 0. The van der Waals surface area contributed by atoms with Crippen LogP contribution in [0.5, 0.6) is 0 Å². The first-order valence-corrected chi connectivity index (χ1v) is 26.8. The Morgan fingerprint density at radius 3 is 0.921 bits per heavy atom. The van der Waals surface area contributed by atoms with Gasteiger partial charge >= 0.3 is 17.9 Å². The van der Waals surface area contributed by atoms with Gasteiger partial charge in [-0.05, 0) is 89.9 Å². The highest BCUT2D eigenvalue weighted by atomic mass is 16.6. The fourth-order valence-corrected chi connectivity index (χ4v) is 7.42. The van der Waals surface area contributed by atoms with Gasteiger partial charge in [-0.2, -0.15) is 0 Å². The average molecular weight is 881 g/mol. The van der Waals surface area contributed by atoms with Gasteiger partial charge in [-0.15, -0.1) is 0 Å². The third-order valence-electron chi connectivity index (χ3n) is 11.5. The molecule has 0 amide bonds. The molecule has 0 fully saturated rings. The monoisotopic (exact) mass is 881 g/mol. The lowest BCUT2D eigenvalue weighted by atomic mass is 10.1. The summed E-state index contributed by atoms with van der Waals surface area (Å²) >= 11 is 0. The molecule has 0 saturated heterocycles. The van der Waals surface area contributed by atoms with Crippen LogP contribution >= 0.6 is 0 Å². The summed E-state index contributed by atoms with van der Waals surface area (Å²) in [6, 6.07) is 0. The van der Waals surface area contributed by atoms with Gasteiger partial charge in [0.15, 0.2) is 6.10 Å². The van der Waals surface area contributed by atoms with Crippen molar-refractivity contribution in [3.05, 3.63) is 60.8 Å².